The molecule has 5 rings (SSSR count). The predicted octanol–water partition coefficient (Wildman–Crippen LogP) is 3.02. The Morgan fingerprint density at radius 3 is 3.00 bits per heavy atom. The van der Waals surface area contributed by atoms with Crippen LogP contribution >= 0.6 is 11.6 Å². The number of nitrogens with zero attached hydrogens (tertiary/aromatic N) is 4. The summed E-state index contributed by atoms with van der Waals surface area (Å²) in [5.74, 6) is 0.217. The molecule has 1 aliphatic rings. The Balaban J connectivity index is 1.67. The maximum Gasteiger partial charge on any atom is 0.245 e. The third-order valence-electron chi connectivity index (χ3n) is 5.26. The van der Waals surface area contributed by atoms with E-state index in [4.69, 9.17) is 17.3 Å². The monoisotopic (exact) mass is 404 g/mol. The number of nitrogens with one attached hydrogen (secondary N) is 1. The van der Waals surface area contributed by atoms with E-state index >= 15 is 0 Å². The summed E-state index contributed by atoms with van der Waals surface area (Å²) in [6.45, 7) is 0.602. The van der Waals surface area contributed by atoms with Crippen LogP contribution in [-0.4, -0.2) is 31.5 Å². The number of nitrogen functional groups attached to an aromatic ring is 1. The van der Waals surface area contributed by atoms with Gasteiger partial charge in [0.1, 0.15) is 17.8 Å². The zero-order valence-corrected chi connectivity index (χ0v) is 16.1. The Kier molecular flexibility index (Phi) is 4.17. The van der Waals surface area contributed by atoms with Crippen molar-refractivity contribution in [3.63, 3.8) is 0 Å². The van der Waals surface area contributed by atoms with E-state index in [-0.39, 0.29) is 11.9 Å². The summed E-state index contributed by atoms with van der Waals surface area (Å²) in [4.78, 5) is 25.2. The van der Waals surface area contributed by atoms with Gasteiger partial charge in [-0.15, -0.1) is 0 Å². The van der Waals surface area contributed by atoms with Gasteiger partial charge in [0.2, 0.25) is 5.91 Å². The Morgan fingerprint density at radius 1 is 1.28 bits per heavy atom. The van der Waals surface area contributed by atoms with E-state index in [1.807, 2.05) is 30.5 Å². The van der Waals surface area contributed by atoms with E-state index in [1.54, 1.807) is 0 Å². The van der Waals surface area contributed by atoms with E-state index in [0.29, 0.717) is 18.8 Å². The lowest BCUT2D eigenvalue weighted by molar-refractivity contribution is -0.117. The van der Waals surface area contributed by atoms with Crippen molar-refractivity contribution in [2.24, 2.45) is 0 Å². The Hall–Kier alpha value is -3.45. The van der Waals surface area contributed by atoms with Crippen molar-refractivity contribution in [3.8, 4) is 11.1 Å². The number of amides is 1. The van der Waals surface area contributed by atoms with Gasteiger partial charge in [-0.3, -0.25) is 9.78 Å². The third-order valence-corrected chi connectivity index (χ3v) is 5.39. The molecule has 1 aliphatic heterocycles. The van der Waals surface area contributed by atoms with Crippen LogP contribution in [0.4, 0.5) is 5.82 Å². The molecule has 0 aliphatic carbocycles. The molecule has 0 unspecified atom stereocenters. The van der Waals surface area contributed by atoms with Gasteiger partial charge >= 0.3 is 0 Å². The zero-order chi connectivity index (χ0) is 20.0. The first-order valence-electron chi connectivity index (χ1n) is 9.19. The average Bonchev–Trinajstić information content (AvgIpc) is 3.25. The number of hydrogen-bond donors (Lipinski definition) is 2. The summed E-state index contributed by atoms with van der Waals surface area (Å²) in [7, 11) is 0. The van der Waals surface area contributed by atoms with E-state index in [0.717, 1.165) is 38.8 Å². The molecule has 0 radical (unpaired) electrons. The van der Waals surface area contributed by atoms with Crippen molar-refractivity contribution in [2.75, 3.05) is 5.73 Å². The molecule has 0 saturated carbocycles. The maximum absolute atomic E-state index is 11.9. The molecule has 3 aromatic heterocycles. The molecule has 1 aromatic carbocycles. The molecule has 0 bridgehead atoms. The largest absolute Gasteiger partial charge is 0.383 e. The van der Waals surface area contributed by atoms with Gasteiger partial charge in [0.15, 0.2) is 0 Å². The van der Waals surface area contributed by atoms with Gasteiger partial charge in [-0.05, 0) is 12.1 Å². The normalized spacial score (nSPS) is 16.0. The minimum atomic E-state index is -0.219. The molecule has 144 valence electrons. The molecule has 8 heteroatoms. The second kappa shape index (κ2) is 6.86. The Labute approximate surface area is 171 Å². The Morgan fingerprint density at radius 2 is 2.14 bits per heavy atom. The molecule has 0 fully saturated rings. The van der Waals surface area contributed by atoms with Crippen molar-refractivity contribution in [3.05, 3.63) is 60.2 Å². The highest BCUT2D eigenvalue weighted by atomic mass is 35.5. The average molecular weight is 405 g/mol. The fourth-order valence-electron chi connectivity index (χ4n) is 4.09. The van der Waals surface area contributed by atoms with Crippen molar-refractivity contribution in [1.82, 2.24) is 24.8 Å². The molecular formula is C21H17ClN6O. The van der Waals surface area contributed by atoms with Gasteiger partial charge in [0.05, 0.1) is 16.9 Å². The van der Waals surface area contributed by atoms with Gasteiger partial charge in [-0.2, -0.15) is 0 Å². The molecule has 1 amide bonds. The minimum Gasteiger partial charge on any atom is -0.383 e. The molecule has 0 spiro atoms. The Bertz CT molecular complexity index is 1300. The highest BCUT2D eigenvalue weighted by Crippen LogP contribution is 2.40. The highest BCUT2D eigenvalue weighted by Gasteiger charge is 2.31. The zero-order valence-electron chi connectivity index (χ0n) is 15.3. The predicted molar refractivity (Wildman–Crippen MR) is 113 cm³/mol. The van der Waals surface area contributed by atoms with Gasteiger partial charge in [0, 0.05) is 53.0 Å². The van der Waals surface area contributed by atoms with Crippen LogP contribution < -0.4 is 11.1 Å². The standard InChI is InChI=1S/C21H17ClN6O/c22-6-5-17(29)27-14-8-16-18(13-7-12-3-1-2-4-15(12)24-9-13)19-20(23)25-11-26-21(19)28(16)10-14/h1-7,9,11,14H,8,10H2,(H,27,29)(H2,23,25,26)/b6-5+/t14-/m0/s1. The van der Waals surface area contributed by atoms with Gasteiger partial charge in [0.25, 0.3) is 0 Å². The summed E-state index contributed by atoms with van der Waals surface area (Å²) >= 11 is 5.51. The summed E-state index contributed by atoms with van der Waals surface area (Å²) in [5.41, 5.74) is 12.1. The number of carbonyl (C=O) groups is 1. The second-order valence-electron chi connectivity index (χ2n) is 7.01. The number of hydrogen-bond acceptors (Lipinski definition) is 5. The number of para-hydroxylation sites is 1. The van der Waals surface area contributed by atoms with Crippen LogP contribution in [0.5, 0.6) is 0 Å². The fourth-order valence-corrected chi connectivity index (χ4v) is 4.20. The number of benzene rings is 1. The smallest absolute Gasteiger partial charge is 0.245 e. The third kappa shape index (κ3) is 2.91. The quantitative estimate of drug-likeness (QED) is 0.511. The number of pyridine rings is 1. The minimum absolute atomic E-state index is 0.0573. The number of aromatic nitrogens is 4. The summed E-state index contributed by atoms with van der Waals surface area (Å²) < 4.78 is 2.10. The van der Waals surface area contributed by atoms with E-state index in [2.05, 4.69) is 30.9 Å². The fraction of sp³-hybridized carbons (Fsp3) is 0.143. The molecule has 7 nitrogen and oxygen atoms in total. The van der Waals surface area contributed by atoms with Crippen molar-refractivity contribution in [1.29, 1.82) is 0 Å². The lowest BCUT2D eigenvalue weighted by Crippen LogP contribution is -2.34. The summed E-state index contributed by atoms with van der Waals surface area (Å²) in [6, 6.07) is 10.0. The van der Waals surface area contributed by atoms with Crippen molar-refractivity contribution in [2.45, 2.75) is 19.0 Å². The van der Waals surface area contributed by atoms with Crippen molar-refractivity contribution < 1.29 is 4.79 Å². The molecule has 29 heavy (non-hydrogen) atoms. The topological polar surface area (TPSA) is 98.7 Å². The maximum atomic E-state index is 11.9. The number of halogens is 1. The number of nitrogens with two attached hydrogens (primary N) is 1. The van der Waals surface area contributed by atoms with Crippen LogP contribution in [0.3, 0.4) is 0 Å². The van der Waals surface area contributed by atoms with Crippen LogP contribution in [0.2, 0.25) is 0 Å². The van der Waals surface area contributed by atoms with Gasteiger partial charge < -0.3 is 15.6 Å². The first-order chi connectivity index (χ1) is 14.2. The van der Waals surface area contributed by atoms with E-state index in [9.17, 15) is 4.79 Å². The molecule has 4 heterocycles. The number of rotatable bonds is 3. The van der Waals surface area contributed by atoms with Gasteiger partial charge in [-0.25, -0.2) is 9.97 Å². The molecular weight excluding hydrogens is 388 g/mol. The SMILES string of the molecule is Nc1ncnc2c1c(-c1cnc3ccccc3c1)c1n2C[C@@H](NC(=O)/C=C/Cl)C1. The number of anilines is 1. The van der Waals surface area contributed by atoms with E-state index in [1.165, 1.54) is 17.9 Å². The number of carbonyl (C=O) groups excluding carboxylic acids is 1. The first kappa shape index (κ1) is 17.6. The van der Waals surface area contributed by atoms with Crippen LogP contribution in [0.25, 0.3) is 33.1 Å². The molecule has 0 saturated heterocycles. The molecule has 1 atom stereocenters. The molecule has 3 N–H and O–H groups in total. The van der Waals surface area contributed by atoms with Crippen LogP contribution in [-0.2, 0) is 17.8 Å². The second-order valence-corrected chi connectivity index (χ2v) is 7.26. The van der Waals surface area contributed by atoms with Gasteiger partial charge in [-0.1, -0.05) is 29.8 Å². The lowest BCUT2D eigenvalue weighted by Gasteiger charge is -2.11. The highest BCUT2D eigenvalue weighted by molar-refractivity contribution is 6.26. The summed E-state index contributed by atoms with van der Waals surface area (Å²) in [5, 5.41) is 4.85. The first-order valence-corrected chi connectivity index (χ1v) is 9.63. The van der Waals surface area contributed by atoms with Crippen LogP contribution in [0.1, 0.15) is 5.69 Å². The van der Waals surface area contributed by atoms with Crippen molar-refractivity contribution >= 4 is 45.3 Å². The lowest BCUT2D eigenvalue weighted by atomic mass is 10.0. The van der Waals surface area contributed by atoms with Crippen LogP contribution in [0, 0.1) is 0 Å². The van der Waals surface area contributed by atoms with E-state index < -0.39 is 0 Å². The van der Waals surface area contributed by atoms with Crippen LogP contribution in [0.15, 0.2) is 54.5 Å². The molecule has 4 aromatic rings. The summed E-state index contributed by atoms with van der Waals surface area (Å²) in [6.07, 6.45) is 5.28. The number of fused-ring (bicyclic) bond motifs is 4.